The Morgan fingerprint density at radius 3 is 2.52 bits per heavy atom. The van der Waals surface area contributed by atoms with E-state index >= 15 is 0 Å². The number of allylic oxidation sites excluding steroid dienone is 2. The van der Waals surface area contributed by atoms with Crippen LogP contribution in [-0.4, -0.2) is 44.6 Å². The van der Waals surface area contributed by atoms with Gasteiger partial charge in [0, 0.05) is 12.5 Å². The average molecular weight is 296 g/mol. The highest BCUT2D eigenvalue weighted by molar-refractivity contribution is 5.84. The number of fused-ring (bicyclic) bond motifs is 2. The van der Waals surface area contributed by atoms with Gasteiger partial charge in [-0.15, -0.1) is 0 Å². The molecule has 0 spiro atoms. The summed E-state index contributed by atoms with van der Waals surface area (Å²) in [7, 11) is 0. The Kier molecular flexibility index (Phi) is 3.50. The molecule has 1 aliphatic heterocycles. The van der Waals surface area contributed by atoms with Crippen LogP contribution in [0, 0.1) is 5.41 Å². The second-order valence-electron chi connectivity index (χ2n) is 6.34. The van der Waals surface area contributed by atoms with Crippen molar-refractivity contribution >= 4 is 11.9 Å². The molecule has 0 unspecified atom stereocenters. The third kappa shape index (κ3) is 2.18. The van der Waals surface area contributed by atoms with Crippen LogP contribution in [0.4, 0.5) is 0 Å². The highest BCUT2D eigenvalue weighted by Crippen LogP contribution is 2.58. The Labute approximate surface area is 122 Å². The number of carbonyl (C=O) groups excluding carboxylic acids is 1. The molecule has 4 atom stereocenters. The number of aliphatic carboxylic acids is 1. The minimum atomic E-state index is -1.59. The van der Waals surface area contributed by atoms with Gasteiger partial charge in [-0.05, 0) is 38.8 Å². The highest BCUT2D eigenvalue weighted by atomic mass is 16.6. The highest BCUT2D eigenvalue weighted by Gasteiger charge is 2.72. The van der Waals surface area contributed by atoms with E-state index in [0.717, 1.165) is 6.08 Å². The molecule has 2 aliphatic rings. The van der Waals surface area contributed by atoms with Crippen molar-refractivity contribution in [2.75, 3.05) is 0 Å². The van der Waals surface area contributed by atoms with E-state index in [1.807, 2.05) is 0 Å². The van der Waals surface area contributed by atoms with Crippen LogP contribution < -0.4 is 0 Å². The van der Waals surface area contributed by atoms with E-state index in [1.54, 1.807) is 20.8 Å². The van der Waals surface area contributed by atoms with Crippen molar-refractivity contribution < 1.29 is 29.6 Å². The minimum Gasteiger partial charge on any atom is -0.478 e. The summed E-state index contributed by atoms with van der Waals surface area (Å²) in [4.78, 5) is 22.7. The van der Waals surface area contributed by atoms with Gasteiger partial charge in [-0.25, -0.2) is 4.79 Å². The van der Waals surface area contributed by atoms with Crippen molar-refractivity contribution in [1.82, 2.24) is 0 Å². The monoisotopic (exact) mass is 296 g/mol. The molecule has 1 heterocycles. The normalized spacial score (nSPS) is 43.2. The molecule has 2 fully saturated rings. The Hall–Kier alpha value is -1.66. The fourth-order valence-corrected chi connectivity index (χ4v) is 3.42. The maximum Gasteiger partial charge on any atom is 0.328 e. The van der Waals surface area contributed by atoms with E-state index in [4.69, 9.17) is 9.84 Å². The van der Waals surface area contributed by atoms with Crippen molar-refractivity contribution in [3.63, 3.8) is 0 Å². The number of hydrogen-bond acceptors (Lipinski definition) is 5. The number of carboxylic acid groups (broad SMARTS) is 1. The summed E-state index contributed by atoms with van der Waals surface area (Å²) < 4.78 is 5.34. The lowest BCUT2D eigenvalue weighted by atomic mass is 9.59. The maximum atomic E-state index is 12.1. The fraction of sp³-hybridized carbons (Fsp3) is 0.600. The lowest BCUT2D eigenvalue weighted by Gasteiger charge is -2.47. The third-order valence-electron chi connectivity index (χ3n) is 4.62. The minimum absolute atomic E-state index is 0.101. The largest absolute Gasteiger partial charge is 0.478 e. The molecule has 0 aromatic carbocycles. The van der Waals surface area contributed by atoms with Gasteiger partial charge in [0.25, 0.3) is 0 Å². The summed E-state index contributed by atoms with van der Waals surface area (Å²) in [6.45, 7) is 4.73. The molecule has 6 nitrogen and oxygen atoms in total. The molecule has 2 bridgehead atoms. The third-order valence-corrected chi connectivity index (χ3v) is 4.62. The van der Waals surface area contributed by atoms with Crippen LogP contribution in [-0.2, 0) is 14.3 Å². The first kappa shape index (κ1) is 15.7. The Morgan fingerprint density at radius 2 is 2.00 bits per heavy atom. The van der Waals surface area contributed by atoms with E-state index in [9.17, 15) is 19.8 Å². The summed E-state index contributed by atoms with van der Waals surface area (Å²) in [5.74, 6) is -1.63. The number of aliphatic hydroxyl groups is 2. The van der Waals surface area contributed by atoms with Gasteiger partial charge in [0.05, 0.1) is 6.10 Å². The van der Waals surface area contributed by atoms with Gasteiger partial charge in [0.15, 0.2) is 0 Å². The summed E-state index contributed by atoms with van der Waals surface area (Å²) in [6, 6.07) is 0. The van der Waals surface area contributed by atoms with Crippen molar-refractivity contribution in [2.45, 2.75) is 50.9 Å². The zero-order chi connectivity index (χ0) is 16.1. The summed E-state index contributed by atoms with van der Waals surface area (Å²) in [5.41, 5.74) is -3.64. The quantitative estimate of drug-likeness (QED) is 0.404. The van der Waals surface area contributed by atoms with Crippen LogP contribution in [0.25, 0.3) is 0 Å². The molecule has 3 N–H and O–H groups in total. The molecule has 0 radical (unpaired) electrons. The van der Waals surface area contributed by atoms with Gasteiger partial charge in [-0.3, -0.25) is 4.79 Å². The molecule has 0 aromatic heterocycles. The maximum absolute atomic E-state index is 12.1. The van der Waals surface area contributed by atoms with E-state index in [0.29, 0.717) is 5.57 Å². The molecular weight excluding hydrogens is 276 g/mol. The lowest BCUT2D eigenvalue weighted by molar-refractivity contribution is -0.156. The topological polar surface area (TPSA) is 104 Å². The molecular formula is C15H20O6. The summed E-state index contributed by atoms with van der Waals surface area (Å²) in [6.07, 6.45) is 3.40. The Bertz CT molecular complexity index is 550. The number of hydrogen-bond donors (Lipinski definition) is 3. The smallest absolute Gasteiger partial charge is 0.328 e. The van der Waals surface area contributed by atoms with E-state index in [2.05, 4.69) is 0 Å². The van der Waals surface area contributed by atoms with E-state index in [1.165, 1.54) is 12.2 Å². The van der Waals surface area contributed by atoms with Crippen LogP contribution in [0.2, 0.25) is 0 Å². The number of ether oxygens (including phenoxy) is 1. The predicted octanol–water partition coefficient (Wildman–Crippen LogP) is 0.781. The first-order valence-corrected chi connectivity index (χ1v) is 6.78. The lowest BCUT2D eigenvalue weighted by Crippen LogP contribution is -2.61. The molecule has 0 aromatic rings. The van der Waals surface area contributed by atoms with Gasteiger partial charge in [-0.1, -0.05) is 6.08 Å². The number of rotatable bonds is 3. The van der Waals surface area contributed by atoms with Gasteiger partial charge >= 0.3 is 11.9 Å². The molecule has 6 heteroatoms. The van der Waals surface area contributed by atoms with Gasteiger partial charge in [0.1, 0.15) is 16.6 Å². The fourth-order valence-electron chi connectivity index (χ4n) is 3.42. The number of esters is 1. The van der Waals surface area contributed by atoms with E-state index < -0.39 is 34.7 Å². The van der Waals surface area contributed by atoms with Crippen molar-refractivity contribution in [1.29, 1.82) is 0 Å². The molecule has 2 rings (SSSR count). The van der Waals surface area contributed by atoms with E-state index in [-0.39, 0.29) is 12.8 Å². The van der Waals surface area contributed by atoms with Gasteiger partial charge in [0.2, 0.25) is 0 Å². The Morgan fingerprint density at radius 1 is 1.38 bits per heavy atom. The summed E-state index contributed by atoms with van der Waals surface area (Å²) >= 11 is 0. The van der Waals surface area contributed by atoms with Crippen molar-refractivity contribution in [2.24, 2.45) is 5.41 Å². The Balaban J connectivity index is 2.43. The predicted molar refractivity (Wildman–Crippen MR) is 73.3 cm³/mol. The molecule has 116 valence electrons. The SMILES string of the molecule is CC(=C/C(=O)O)/C=C/[C@@]1(O)[C@@]2(C)C[C@@H](O)C[C@]1(C)OC2=O. The van der Waals surface area contributed by atoms with Crippen LogP contribution in [0.3, 0.4) is 0 Å². The van der Waals surface area contributed by atoms with Crippen LogP contribution in [0.1, 0.15) is 33.6 Å². The first-order chi connectivity index (χ1) is 9.54. The van der Waals surface area contributed by atoms with Gasteiger partial charge < -0.3 is 20.1 Å². The zero-order valence-electron chi connectivity index (χ0n) is 12.3. The second-order valence-corrected chi connectivity index (χ2v) is 6.34. The van der Waals surface area contributed by atoms with Crippen molar-refractivity contribution in [3.05, 3.63) is 23.8 Å². The van der Waals surface area contributed by atoms with Gasteiger partial charge in [-0.2, -0.15) is 0 Å². The number of aliphatic hydroxyl groups excluding tert-OH is 1. The zero-order valence-corrected chi connectivity index (χ0v) is 12.3. The number of carboxylic acids is 1. The first-order valence-electron chi connectivity index (χ1n) is 6.78. The average Bonchev–Trinajstić information content (AvgIpc) is 2.41. The van der Waals surface area contributed by atoms with Crippen LogP contribution >= 0.6 is 0 Å². The van der Waals surface area contributed by atoms with Crippen LogP contribution in [0.15, 0.2) is 23.8 Å². The molecule has 1 aliphatic carbocycles. The molecule has 1 saturated carbocycles. The second kappa shape index (κ2) is 4.68. The van der Waals surface area contributed by atoms with Crippen LogP contribution in [0.5, 0.6) is 0 Å². The number of carbonyl (C=O) groups is 2. The standard InChI is InChI=1S/C15H20O6/c1-9(6-11(17)18)4-5-15(20)13(2)7-10(16)8-14(15,3)21-12(13)19/h4-6,10,16,20H,7-8H2,1-3H3,(H,17,18)/b5-4+,9-6-/t10-,13+,14+,15-/m1/s1. The summed E-state index contributed by atoms with van der Waals surface area (Å²) in [5, 5.41) is 29.6. The molecule has 21 heavy (non-hydrogen) atoms. The molecule has 1 saturated heterocycles. The van der Waals surface area contributed by atoms with Crippen molar-refractivity contribution in [3.8, 4) is 0 Å². The molecule has 0 amide bonds.